The smallest absolute Gasteiger partial charge is 0.268 e. The van der Waals surface area contributed by atoms with Crippen molar-refractivity contribution < 1.29 is 4.79 Å². The fourth-order valence-corrected chi connectivity index (χ4v) is 3.95. The topological polar surface area (TPSA) is 76.9 Å². The molecule has 6 nitrogen and oxygen atoms in total. The average Bonchev–Trinajstić information content (AvgIpc) is 2.79. The summed E-state index contributed by atoms with van der Waals surface area (Å²) < 4.78 is 1.53. The van der Waals surface area contributed by atoms with E-state index in [-0.39, 0.29) is 23.3 Å². The van der Waals surface area contributed by atoms with Crippen LogP contribution >= 0.6 is 11.8 Å². The first kappa shape index (κ1) is 19.8. The van der Waals surface area contributed by atoms with Crippen molar-refractivity contribution in [3.05, 3.63) is 94.9 Å². The molecule has 0 fully saturated rings. The zero-order valence-corrected chi connectivity index (χ0v) is 17.2. The van der Waals surface area contributed by atoms with Crippen LogP contribution in [-0.4, -0.2) is 26.2 Å². The van der Waals surface area contributed by atoms with E-state index in [1.54, 1.807) is 18.3 Å². The van der Waals surface area contributed by atoms with E-state index in [0.29, 0.717) is 21.9 Å². The van der Waals surface area contributed by atoms with Crippen LogP contribution in [0.5, 0.6) is 0 Å². The van der Waals surface area contributed by atoms with E-state index in [4.69, 9.17) is 0 Å². The van der Waals surface area contributed by atoms with Gasteiger partial charge in [0, 0.05) is 6.20 Å². The lowest BCUT2D eigenvalue weighted by Crippen LogP contribution is -2.29. The molecule has 1 amide bonds. The Morgan fingerprint density at radius 3 is 2.47 bits per heavy atom. The molecule has 1 atom stereocenters. The van der Waals surface area contributed by atoms with Gasteiger partial charge in [-0.15, -0.1) is 0 Å². The van der Waals surface area contributed by atoms with Crippen molar-refractivity contribution in [3.8, 4) is 5.69 Å². The van der Waals surface area contributed by atoms with Gasteiger partial charge in [-0.2, -0.15) is 0 Å². The number of hydrogen-bond donors (Lipinski definition) is 1. The number of pyridine rings is 1. The molecule has 4 aromatic rings. The van der Waals surface area contributed by atoms with Gasteiger partial charge in [-0.1, -0.05) is 60.3 Å². The summed E-state index contributed by atoms with van der Waals surface area (Å²) in [4.78, 5) is 34.4. The normalized spacial score (nSPS) is 11.9. The molecule has 4 rings (SSSR count). The van der Waals surface area contributed by atoms with Crippen LogP contribution in [0.15, 0.2) is 88.9 Å². The van der Waals surface area contributed by atoms with Gasteiger partial charge in [0.15, 0.2) is 10.8 Å². The molecule has 1 N–H and O–H groups in total. The number of benzene rings is 2. The van der Waals surface area contributed by atoms with E-state index in [1.165, 1.54) is 16.3 Å². The maximum atomic E-state index is 13.1. The fraction of sp³-hybridized carbons (Fsp3) is 0.130. The number of aromatic nitrogens is 3. The van der Waals surface area contributed by atoms with Crippen LogP contribution in [0, 0.1) is 0 Å². The Morgan fingerprint density at radius 2 is 1.73 bits per heavy atom. The van der Waals surface area contributed by atoms with Crippen molar-refractivity contribution in [3.63, 3.8) is 0 Å². The number of hydrogen-bond acceptors (Lipinski definition) is 5. The van der Waals surface area contributed by atoms with Gasteiger partial charge < -0.3 is 5.32 Å². The van der Waals surface area contributed by atoms with Crippen LogP contribution in [0.25, 0.3) is 16.7 Å². The zero-order valence-electron chi connectivity index (χ0n) is 16.4. The van der Waals surface area contributed by atoms with Crippen molar-refractivity contribution in [1.82, 2.24) is 19.9 Å². The number of rotatable bonds is 6. The van der Waals surface area contributed by atoms with Crippen molar-refractivity contribution in [2.45, 2.75) is 18.1 Å². The molecule has 0 aliphatic heterocycles. The van der Waals surface area contributed by atoms with Crippen molar-refractivity contribution in [2.24, 2.45) is 0 Å². The summed E-state index contributed by atoms with van der Waals surface area (Å²) in [5, 5.41) is 3.86. The molecule has 0 aliphatic rings. The van der Waals surface area contributed by atoms with Crippen LogP contribution in [0.1, 0.15) is 18.5 Å². The Labute approximate surface area is 178 Å². The summed E-state index contributed by atoms with van der Waals surface area (Å²) in [6.45, 7) is 1.94. The minimum Gasteiger partial charge on any atom is -0.349 e. The molecule has 150 valence electrons. The first-order valence-corrected chi connectivity index (χ1v) is 10.5. The number of nitrogens with zero attached hydrogens (tertiary/aromatic N) is 3. The van der Waals surface area contributed by atoms with E-state index >= 15 is 0 Å². The zero-order chi connectivity index (χ0) is 20.9. The van der Waals surface area contributed by atoms with Gasteiger partial charge in [0.25, 0.3) is 5.56 Å². The van der Waals surface area contributed by atoms with Gasteiger partial charge in [0.1, 0.15) is 0 Å². The van der Waals surface area contributed by atoms with Gasteiger partial charge in [0.05, 0.1) is 22.9 Å². The van der Waals surface area contributed by atoms with E-state index in [2.05, 4.69) is 15.3 Å². The van der Waals surface area contributed by atoms with Crippen LogP contribution in [0.4, 0.5) is 0 Å². The summed E-state index contributed by atoms with van der Waals surface area (Å²) >= 11 is 1.22. The molecule has 2 heterocycles. The Kier molecular flexibility index (Phi) is 5.90. The highest BCUT2D eigenvalue weighted by Gasteiger charge is 2.16. The van der Waals surface area contributed by atoms with E-state index in [9.17, 15) is 9.59 Å². The second kappa shape index (κ2) is 8.92. The molecule has 0 saturated heterocycles. The van der Waals surface area contributed by atoms with Crippen LogP contribution in [-0.2, 0) is 4.79 Å². The van der Waals surface area contributed by atoms with Gasteiger partial charge in [-0.3, -0.25) is 14.2 Å². The number of fused-ring (bicyclic) bond motifs is 1. The molecular weight excluding hydrogens is 396 g/mol. The summed E-state index contributed by atoms with van der Waals surface area (Å²) in [6.07, 6.45) is 1.60. The molecule has 2 aromatic carbocycles. The number of carbonyl (C=O) groups is 1. The summed E-state index contributed by atoms with van der Waals surface area (Å²) in [7, 11) is 0. The monoisotopic (exact) mass is 416 g/mol. The lowest BCUT2D eigenvalue weighted by molar-refractivity contribution is -0.119. The molecule has 0 spiro atoms. The highest BCUT2D eigenvalue weighted by Crippen LogP contribution is 2.21. The molecule has 0 bridgehead atoms. The Morgan fingerprint density at radius 1 is 1.03 bits per heavy atom. The minimum absolute atomic E-state index is 0.109. The lowest BCUT2D eigenvalue weighted by Gasteiger charge is -2.15. The molecule has 0 aliphatic carbocycles. The van der Waals surface area contributed by atoms with Gasteiger partial charge in [-0.25, -0.2) is 9.97 Å². The van der Waals surface area contributed by atoms with E-state index < -0.39 is 0 Å². The minimum atomic E-state index is -0.208. The van der Waals surface area contributed by atoms with Crippen LogP contribution in [0.3, 0.4) is 0 Å². The first-order valence-electron chi connectivity index (χ1n) is 9.54. The molecule has 7 heteroatoms. The number of nitrogens with one attached hydrogen (secondary N) is 1. The van der Waals surface area contributed by atoms with Crippen molar-refractivity contribution in [1.29, 1.82) is 0 Å². The highest BCUT2D eigenvalue weighted by atomic mass is 32.2. The predicted octanol–water partition coefficient (Wildman–Crippen LogP) is 3.75. The number of thioether (sulfide) groups is 1. The molecule has 0 unspecified atom stereocenters. The van der Waals surface area contributed by atoms with Gasteiger partial charge in [0.2, 0.25) is 5.91 Å². The molecule has 0 radical (unpaired) electrons. The van der Waals surface area contributed by atoms with Crippen LogP contribution < -0.4 is 10.9 Å². The fourth-order valence-electron chi connectivity index (χ4n) is 3.14. The van der Waals surface area contributed by atoms with E-state index in [0.717, 1.165) is 5.56 Å². The third-order valence-electron chi connectivity index (χ3n) is 4.64. The second-order valence-electron chi connectivity index (χ2n) is 6.73. The first-order chi connectivity index (χ1) is 14.6. The number of amides is 1. The molecule has 0 saturated carbocycles. The molecule has 2 aromatic heterocycles. The third-order valence-corrected chi connectivity index (χ3v) is 5.58. The van der Waals surface area contributed by atoms with Gasteiger partial charge >= 0.3 is 0 Å². The maximum Gasteiger partial charge on any atom is 0.268 e. The molecular formula is C23H20N4O2S. The largest absolute Gasteiger partial charge is 0.349 e. The maximum absolute atomic E-state index is 13.1. The Hall–Kier alpha value is -3.45. The van der Waals surface area contributed by atoms with Crippen LogP contribution in [0.2, 0.25) is 0 Å². The lowest BCUT2D eigenvalue weighted by atomic mass is 10.1. The third kappa shape index (κ3) is 4.26. The van der Waals surface area contributed by atoms with Gasteiger partial charge in [-0.05, 0) is 36.8 Å². The Bertz CT molecular complexity index is 1230. The van der Waals surface area contributed by atoms with Crippen molar-refractivity contribution in [2.75, 3.05) is 5.75 Å². The standard InChI is InChI=1S/C23H20N4O2S/c1-16(17-9-4-2-5-10-17)25-20(28)15-30-23-26-21-19(13-8-14-24-21)22(29)27(23)18-11-6-3-7-12-18/h2-14,16H,15H2,1H3,(H,25,28)/t16-/m0/s1. The average molecular weight is 417 g/mol. The highest BCUT2D eigenvalue weighted by molar-refractivity contribution is 7.99. The predicted molar refractivity (Wildman–Crippen MR) is 119 cm³/mol. The number of carbonyl (C=O) groups excluding carboxylic acids is 1. The number of para-hydroxylation sites is 1. The summed E-state index contributed by atoms with van der Waals surface area (Å²) in [5.74, 6) is 0.000691. The summed E-state index contributed by atoms with van der Waals surface area (Å²) in [5.41, 5.74) is 1.89. The second-order valence-corrected chi connectivity index (χ2v) is 7.68. The quantitative estimate of drug-likeness (QED) is 0.383. The Balaban J connectivity index is 1.60. The summed E-state index contributed by atoms with van der Waals surface area (Å²) in [6, 6.07) is 22.4. The van der Waals surface area contributed by atoms with E-state index in [1.807, 2.05) is 67.6 Å². The van der Waals surface area contributed by atoms with Crippen molar-refractivity contribution >= 4 is 28.7 Å². The SMILES string of the molecule is C[C@H](NC(=O)CSc1nc2ncccc2c(=O)n1-c1ccccc1)c1ccccc1. The molecule has 30 heavy (non-hydrogen) atoms.